The van der Waals surface area contributed by atoms with Crippen molar-refractivity contribution >= 4 is 257 Å². The van der Waals surface area contributed by atoms with Crippen LogP contribution in [0.5, 0.6) is 0 Å². The Morgan fingerprint density at radius 1 is 0.462 bits per heavy atom. The fourth-order valence-corrected chi connectivity index (χ4v) is 12.8. The Labute approximate surface area is 868 Å². The summed E-state index contributed by atoms with van der Waals surface area (Å²) in [4.78, 5) is 105. The topological polar surface area (TPSA) is 368 Å². The van der Waals surface area contributed by atoms with Gasteiger partial charge in [0.15, 0.2) is 34.6 Å². The van der Waals surface area contributed by atoms with E-state index in [0.29, 0.717) is 18.9 Å². The molecule has 5 N–H and O–H groups in total. The van der Waals surface area contributed by atoms with Gasteiger partial charge in [0.25, 0.3) is 0 Å². The number of piperidine rings is 5. The summed E-state index contributed by atoms with van der Waals surface area (Å²) in [5.74, 6) is -12.3. The van der Waals surface area contributed by atoms with E-state index in [0.717, 1.165) is 78.8 Å². The van der Waals surface area contributed by atoms with Crippen molar-refractivity contribution in [2.75, 3.05) is 112 Å². The highest BCUT2D eigenvalue weighted by Gasteiger charge is 2.71. The maximum atomic E-state index is 12.0. The number of methoxy groups -OCH3 is 1. The molecule has 6 heterocycles. The van der Waals surface area contributed by atoms with Gasteiger partial charge in [0.1, 0.15) is 63.3 Å². The van der Waals surface area contributed by atoms with Crippen molar-refractivity contribution in [3.8, 4) is 0 Å². The number of alkyl halides is 33. The molecule has 2 bridgehead atoms. The molecule has 60 heteroatoms. The number of likely N-dealkylation sites (tertiary alicyclic amines) is 1. The number of morpholine rings is 1. The molecule has 27 nitrogen and oxygen atoms in total. The molecule has 132 heavy (non-hydrogen) atoms. The summed E-state index contributed by atoms with van der Waals surface area (Å²) in [6.45, 7) is 31.2. The highest BCUT2D eigenvalue weighted by atomic mass is 127. The SMILES string of the molecule is C.CC(C)(I)C(=O)OC1C[NH+]2CCC1CC2.CC(C)COC(=O)C([O-])(C(F)(F)F)C(F)(F)F.CC(I)C(=O)OCC(C[NH+]1CCCCC1)OC(=O)C(C)I.CC1(C)CC(OC(=O)C(I)(I)I)CC(C)(C)[NH2+]1.CCCCOC(=O)C([O-])(C(F)(F)F)C(F)(F)F.CCOC(=O)C([O-])(C(F)(F)F)C(F)(F)F.COC(=O)C([O-])(C(F)(F)F)C(F)(F)F.O=C(OCC[NH+]1CCOCC1)C(I)(I)I. The molecule has 0 aliphatic carbocycles. The van der Waals surface area contributed by atoms with Crippen molar-refractivity contribution in [1.82, 2.24) is 0 Å². The number of ether oxygens (including phenoxy) is 10. The first kappa shape index (κ1) is 138. The van der Waals surface area contributed by atoms with E-state index in [2.05, 4.69) is 210 Å². The standard InChI is InChI=1S/C14H23I2NO4.C11H18I3NO2.C11H18INO2.2C8H9F6O3.C8H12I3NO3.C6H5F6O3.C5H3F6O3.CH4/c1-10(15)13(18)20-9-12(21-14(19)11(2)16)8-17-6-4-3-5-7-17;1-9(2)5-7(6-10(3,4)15-9)17-8(16)11(12,13)14;1-11(2,12)10(14)15-9-7-13-5-3-8(9)4-6-13;1-4(2)3-17-5(15)6(16,7(9,10)11)8(12,13)14;1-2-3-4-17-5(15)6(16,7(9,10)11)8(12,13)14;9-8(10,11)7(13)15-6-3-12-1-4-14-5-2-12;1-2-15-3(13)4(14,5(7,8)9)6(10,11)12;1-14-2(12)3(13,4(6,7)8)5(9,10)11;/h10-12H,3-9H2,1-2H3;7,15H,5-6H2,1-4H3;8-9H,3-7H2,1-2H3;4H,3H2,1-2H3;2-4H2,1H3;1-6H2;2H2,1H3;1H3;1H4/q;;;2*-1;;2*-1;/p+4. The van der Waals surface area contributed by atoms with Gasteiger partial charge in [-0.1, -0.05) is 102 Å². The summed E-state index contributed by atoms with van der Waals surface area (Å²) < 4.78 is 330. The van der Waals surface area contributed by atoms with Crippen LogP contribution in [-0.4, -0.2) is 277 Å². The third kappa shape index (κ3) is 47.1. The fourth-order valence-electron chi connectivity index (χ4n) is 11.5. The van der Waals surface area contributed by atoms with Crippen molar-refractivity contribution in [1.29, 1.82) is 0 Å². The molecule has 0 aromatic rings. The van der Waals surface area contributed by atoms with Crippen LogP contribution in [0.4, 0.5) is 105 Å². The van der Waals surface area contributed by atoms with E-state index in [1.165, 1.54) is 68.8 Å². The molecule has 6 aliphatic heterocycles. The van der Waals surface area contributed by atoms with Crippen LogP contribution in [0.25, 0.3) is 0 Å². The Kier molecular flexibility index (Phi) is 60.7. The minimum atomic E-state index is -6.31. The van der Waals surface area contributed by atoms with Gasteiger partial charge >= 0.3 is 103 Å². The van der Waals surface area contributed by atoms with Gasteiger partial charge in [-0.05, 0) is 229 Å². The predicted molar refractivity (Wildman–Crippen MR) is 486 cm³/mol. The van der Waals surface area contributed by atoms with Crippen LogP contribution < -0.4 is 40.4 Å². The van der Waals surface area contributed by atoms with Gasteiger partial charge < -0.3 is 87.8 Å². The molecular formula is C72H105F24I9N4O23. The maximum Gasteiger partial charge on any atom is 0.399 e. The lowest BCUT2D eigenvalue weighted by molar-refractivity contribution is -0.920. The summed E-state index contributed by atoms with van der Waals surface area (Å²) in [6, 6.07) is 0. The number of carbonyl (C=O) groups excluding carboxylic acids is 9. The molecule has 0 aromatic carbocycles. The van der Waals surface area contributed by atoms with Gasteiger partial charge in [-0.3, -0.25) is 33.6 Å². The second-order valence-electron chi connectivity index (χ2n) is 31.3. The largest absolute Gasteiger partial charge is 0.828 e. The smallest absolute Gasteiger partial charge is 0.399 e. The lowest BCUT2D eigenvalue weighted by Crippen LogP contribution is -3.16. The molecule has 0 aromatic heterocycles. The van der Waals surface area contributed by atoms with Crippen LogP contribution in [0, 0.1) is 11.8 Å². The van der Waals surface area contributed by atoms with E-state index >= 15 is 0 Å². The molecule has 0 radical (unpaired) electrons. The molecule has 4 unspecified atom stereocenters. The number of unbranched alkanes of at least 4 members (excludes halogenated alkanes) is 1. The van der Waals surface area contributed by atoms with E-state index in [9.17, 15) is 169 Å². The fraction of sp³-hybridized carbons (Fsp3) is 0.875. The zero-order chi connectivity index (χ0) is 104. The Morgan fingerprint density at radius 2 is 0.833 bits per heavy atom. The molecule has 4 atom stereocenters. The van der Waals surface area contributed by atoms with Gasteiger partial charge in [0, 0.05) is 31.6 Å². The Hall–Kier alpha value is -0.240. The average Bonchev–Trinajstić information content (AvgIpc) is 0.764. The zero-order valence-electron chi connectivity index (χ0n) is 71.7. The average molecular weight is 2990 g/mol. The first-order chi connectivity index (χ1) is 58.6. The Morgan fingerprint density at radius 3 is 1.15 bits per heavy atom. The Bertz CT molecular complexity index is 3440. The normalized spacial score (nSPS) is 19.2. The first-order valence-electron chi connectivity index (χ1n) is 38.5. The van der Waals surface area contributed by atoms with Crippen molar-refractivity contribution < 1.29 is 236 Å². The number of hydrogen-bond donors (Lipinski definition) is 4. The summed E-state index contributed by atoms with van der Waals surface area (Å²) >= 11 is 18.7. The van der Waals surface area contributed by atoms with Crippen molar-refractivity contribution in [2.45, 2.75) is 260 Å². The van der Waals surface area contributed by atoms with E-state index in [-0.39, 0.29) is 98.1 Å². The van der Waals surface area contributed by atoms with Crippen LogP contribution in [0.1, 0.15) is 148 Å². The molecule has 6 saturated heterocycles. The van der Waals surface area contributed by atoms with E-state index in [1.54, 1.807) is 25.7 Å². The van der Waals surface area contributed by atoms with Crippen LogP contribution in [0.15, 0.2) is 0 Å². The number of nitrogens with two attached hydrogens (primary N) is 1. The predicted octanol–water partition coefficient (Wildman–Crippen LogP) is 9.51. The second-order valence-corrected chi connectivity index (χ2v) is 59.9. The van der Waals surface area contributed by atoms with Crippen molar-refractivity contribution in [2.24, 2.45) is 11.8 Å². The monoisotopic (exact) mass is 2990 g/mol. The number of esters is 9. The molecule has 6 rings (SSSR count). The lowest BCUT2D eigenvalue weighted by atomic mass is 9.81. The van der Waals surface area contributed by atoms with Crippen LogP contribution in [-0.2, 0) is 90.5 Å². The summed E-state index contributed by atoms with van der Waals surface area (Å²) in [6.07, 6.45) is -42.1. The zero-order valence-corrected chi connectivity index (χ0v) is 91.1. The quantitative estimate of drug-likeness (QED) is 0.0165. The van der Waals surface area contributed by atoms with Crippen molar-refractivity contribution in [3.05, 3.63) is 0 Å². The number of hydrogen-bond acceptors (Lipinski definition) is 23. The molecule has 6 aliphatic rings. The summed E-state index contributed by atoms with van der Waals surface area (Å²) in [5, 5.41) is 44.7. The number of carbonyl (C=O) groups is 9. The number of rotatable bonds is 25. The molecule has 782 valence electrons. The van der Waals surface area contributed by atoms with Gasteiger partial charge in [0.2, 0.25) is -1.13 Å². The molecule has 0 amide bonds. The third-order valence-electron chi connectivity index (χ3n) is 17.9. The molecule has 0 saturated carbocycles. The molecule has 6 fully saturated rings. The number of quaternary nitrogens is 4. The van der Waals surface area contributed by atoms with Gasteiger partial charge in [-0.2, -0.15) is 105 Å². The van der Waals surface area contributed by atoms with Crippen LogP contribution in [0.2, 0.25) is 0 Å². The molecular weight excluding hydrogens is 2890 g/mol. The van der Waals surface area contributed by atoms with Gasteiger partial charge in [-0.15, -0.1) is 0 Å². The van der Waals surface area contributed by atoms with Gasteiger partial charge in [0.05, 0.1) is 77.4 Å². The van der Waals surface area contributed by atoms with E-state index in [4.69, 9.17) is 28.4 Å². The number of halogens is 33. The van der Waals surface area contributed by atoms with Crippen LogP contribution in [0.3, 0.4) is 0 Å². The number of nitrogens with one attached hydrogen (secondary N) is 3. The maximum absolute atomic E-state index is 12.0. The minimum absolute atomic E-state index is 0. The molecule has 0 spiro atoms. The van der Waals surface area contributed by atoms with Crippen LogP contribution >= 0.6 is 203 Å². The lowest BCUT2D eigenvalue weighted by Gasteiger charge is -2.42. The summed E-state index contributed by atoms with van der Waals surface area (Å²) in [7, 11) is 0.256. The third-order valence-corrected chi connectivity index (χ3v) is 22.0. The van der Waals surface area contributed by atoms with Gasteiger partial charge in [-0.25, -0.2) is 9.59 Å². The Balaban J connectivity index is -0.000000710. The first-order valence-corrected chi connectivity index (χ1v) is 48.6. The highest BCUT2D eigenvalue weighted by Crippen LogP contribution is 2.46. The van der Waals surface area contributed by atoms with E-state index < -0.39 is 120 Å². The highest BCUT2D eigenvalue weighted by molar-refractivity contribution is 14.3. The van der Waals surface area contributed by atoms with Crippen molar-refractivity contribution in [3.63, 3.8) is 0 Å². The second kappa shape index (κ2) is 58.0. The van der Waals surface area contributed by atoms with E-state index in [1.807, 2.05) is 59.0 Å². The minimum Gasteiger partial charge on any atom is -0.828 e. The number of fused-ring (bicyclic) bond motifs is 3. The summed E-state index contributed by atoms with van der Waals surface area (Å²) in [5.41, 5.74) is -22.7.